The fourth-order valence-corrected chi connectivity index (χ4v) is 0.834. The lowest BCUT2D eigenvalue weighted by Crippen LogP contribution is -1.99. The summed E-state index contributed by atoms with van der Waals surface area (Å²) >= 11 is 0. The highest BCUT2D eigenvalue weighted by Gasteiger charge is 2.03. The van der Waals surface area contributed by atoms with Crippen molar-refractivity contribution in [2.75, 3.05) is 14.2 Å². The molecule has 1 aromatic rings. The van der Waals surface area contributed by atoms with Crippen LogP contribution in [-0.4, -0.2) is 31.3 Å². The average molecular weight is 238 g/mol. The molecule has 0 aromatic heterocycles. The fourth-order valence-electron chi connectivity index (χ4n) is 0.834. The molecule has 0 unspecified atom stereocenters. The smallest absolute Gasteiger partial charge is 0.337 e. The van der Waals surface area contributed by atoms with Crippen molar-refractivity contribution in [3.8, 4) is 5.75 Å². The van der Waals surface area contributed by atoms with Gasteiger partial charge in [-0.1, -0.05) is 12.6 Å². The van der Waals surface area contributed by atoms with Crippen LogP contribution >= 0.6 is 0 Å². The highest BCUT2D eigenvalue weighted by molar-refractivity contribution is 5.89. The van der Waals surface area contributed by atoms with Gasteiger partial charge in [0.2, 0.25) is 0 Å². The zero-order chi connectivity index (χ0) is 13.3. The van der Waals surface area contributed by atoms with Gasteiger partial charge in [-0.3, -0.25) is 0 Å². The van der Waals surface area contributed by atoms with Gasteiger partial charge in [0.05, 0.1) is 19.8 Å². The summed E-state index contributed by atoms with van der Waals surface area (Å²) in [5, 5.41) is 8.95. The second kappa shape index (κ2) is 7.92. The van der Waals surface area contributed by atoms with Crippen LogP contribution in [0.5, 0.6) is 5.75 Å². The number of rotatable bonds is 2. The Labute approximate surface area is 99.3 Å². The molecule has 0 aliphatic carbocycles. The van der Waals surface area contributed by atoms with Gasteiger partial charge in [0.1, 0.15) is 5.75 Å². The predicted octanol–water partition coefficient (Wildman–Crippen LogP) is 1.52. The molecule has 0 aliphatic heterocycles. The Morgan fingerprint density at radius 1 is 1.29 bits per heavy atom. The van der Waals surface area contributed by atoms with Gasteiger partial charge >= 0.3 is 11.9 Å². The lowest BCUT2D eigenvalue weighted by molar-refractivity contribution is -0.134. The monoisotopic (exact) mass is 238 g/mol. The van der Waals surface area contributed by atoms with Gasteiger partial charge in [0.15, 0.2) is 0 Å². The van der Waals surface area contributed by atoms with E-state index in [4.69, 9.17) is 5.11 Å². The first-order valence-corrected chi connectivity index (χ1v) is 4.62. The minimum Gasteiger partial charge on any atom is -0.508 e. The molecule has 0 fully saturated rings. The van der Waals surface area contributed by atoms with Crippen molar-refractivity contribution in [1.29, 1.82) is 0 Å². The summed E-state index contributed by atoms with van der Waals surface area (Å²) in [5.41, 5.74) is 0.354. The third kappa shape index (κ3) is 5.99. The van der Waals surface area contributed by atoms with E-state index in [1.807, 2.05) is 0 Å². The van der Waals surface area contributed by atoms with E-state index in [9.17, 15) is 9.59 Å². The van der Waals surface area contributed by atoms with E-state index in [0.29, 0.717) is 5.56 Å². The molecule has 0 amide bonds. The number of aromatic hydroxyl groups is 1. The summed E-state index contributed by atoms with van der Waals surface area (Å²) in [7, 11) is 2.61. The van der Waals surface area contributed by atoms with Crippen LogP contribution in [0.1, 0.15) is 10.4 Å². The molecule has 1 aromatic carbocycles. The lowest BCUT2D eigenvalue weighted by Gasteiger charge is -1.97. The number of carbonyl (C=O) groups excluding carboxylic acids is 2. The average Bonchev–Trinajstić information content (AvgIpc) is 2.37. The molecule has 0 saturated heterocycles. The quantitative estimate of drug-likeness (QED) is 0.624. The minimum absolute atomic E-state index is 0.0629. The Balaban J connectivity index is 0.000000366. The number of hydrogen-bond donors (Lipinski definition) is 1. The molecule has 0 atom stereocenters. The van der Waals surface area contributed by atoms with Gasteiger partial charge in [0, 0.05) is 6.08 Å². The van der Waals surface area contributed by atoms with Crippen LogP contribution in [0, 0.1) is 0 Å². The fraction of sp³-hybridized carbons (Fsp3) is 0.167. The number of benzene rings is 1. The van der Waals surface area contributed by atoms with Crippen LogP contribution in [0.15, 0.2) is 36.9 Å². The lowest BCUT2D eigenvalue weighted by atomic mass is 10.2. The van der Waals surface area contributed by atoms with Gasteiger partial charge in [-0.2, -0.15) is 0 Å². The van der Waals surface area contributed by atoms with Crippen molar-refractivity contribution in [2.24, 2.45) is 0 Å². The van der Waals surface area contributed by atoms with Gasteiger partial charge in [0.25, 0.3) is 0 Å². The van der Waals surface area contributed by atoms with E-state index in [1.165, 1.54) is 26.4 Å². The van der Waals surface area contributed by atoms with Gasteiger partial charge in [-0.25, -0.2) is 9.59 Å². The van der Waals surface area contributed by atoms with Crippen LogP contribution in [0.2, 0.25) is 0 Å². The highest BCUT2D eigenvalue weighted by atomic mass is 16.5. The van der Waals surface area contributed by atoms with Crippen LogP contribution in [0.4, 0.5) is 0 Å². The van der Waals surface area contributed by atoms with E-state index in [1.54, 1.807) is 12.1 Å². The summed E-state index contributed by atoms with van der Waals surface area (Å²) in [6, 6.07) is 6.01. The molecule has 0 aliphatic rings. The molecular formula is C12H14O5. The molecule has 17 heavy (non-hydrogen) atoms. The van der Waals surface area contributed by atoms with Crippen molar-refractivity contribution in [2.45, 2.75) is 0 Å². The van der Waals surface area contributed by atoms with Crippen molar-refractivity contribution in [1.82, 2.24) is 0 Å². The number of methoxy groups -OCH3 is 2. The first-order chi connectivity index (χ1) is 8.04. The maximum Gasteiger partial charge on any atom is 0.337 e. The zero-order valence-corrected chi connectivity index (χ0v) is 9.67. The van der Waals surface area contributed by atoms with Gasteiger partial charge < -0.3 is 14.6 Å². The highest BCUT2D eigenvalue weighted by Crippen LogP contribution is 2.11. The molecule has 0 radical (unpaired) electrons. The summed E-state index contributed by atoms with van der Waals surface area (Å²) in [5.74, 6) is -0.774. The van der Waals surface area contributed by atoms with Gasteiger partial charge in [-0.15, -0.1) is 0 Å². The van der Waals surface area contributed by atoms with E-state index < -0.39 is 11.9 Å². The first kappa shape index (κ1) is 14.7. The molecule has 1 N–H and O–H groups in total. The van der Waals surface area contributed by atoms with Crippen LogP contribution in [-0.2, 0) is 14.3 Å². The third-order valence-electron chi connectivity index (χ3n) is 1.64. The van der Waals surface area contributed by atoms with Gasteiger partial charge in [-0.05, 0) is 18.2 Å². The zero-order valence-electron chi connectivity index (χ0n) is 9.67. The second-order valence-corrected chi connectivity index (χ2v) is 2.77. The molecular weight excluding hydrogens is 224 g/mol. The van der Waals surface area contributed by atoms with Crippen LogP contribution in [0.3, 0.4) is 0 Å². The predicted molar refractivity (Wildman–Crippen MR) is 61.7 cm³/mol. The number of phenols is 1. The molecule has 5 heteroatoms. The summed E-state index contributed by atoms with van der Waals surface area (Å²) < 4.78 is 8.58. The number of carbonyl (C=O) groups is 2. The van der Waals surface area contributed by atoms with Crippen molar-refractivity contribution < 1.29 is 24.2 Å². The Morgan fingerprint density at radius 3 is 2.29 bits per heavy atom. The van der Waals surface area contributed by atoms with Crippen molar-refractivity contribution in [3.63, 3.8) is 0 Å². The van der Waals surface area contributed by atoms with E-state index in [2.05, 4.69) is 16.1 Å². The number of ether oxygens (including phenoxy) is 2. The molecule has 5 nitrogen and oxygen atoms in total. The molecule has 92 valence electrons. The summed E-state index contributed by atoms with van der Waals surface area (Å²) in [6.45, 7) is 3.16. The summed E-state index contributed by atoms with van der Waals surface area (Å²) in [6.07, 6.45) is 1.11. The molecule has 0 spiro atoms. The maximum absolute atomic E-state index is 10.8. The topological polar surface area (TPSA) is 72.8 Å². The molecule has 0 heterocycles. The number of phenolic OH excluding ortho intramolecular Hbond substituents is 1. The standard InChI is InChI=1S/C8H8O3.C4H6O2/c1-11-8(10)6-3-2-4-7(9)5-6;1-3-4(5)6-2/h2-5,9H,1H3;3H,1H2,2H3. The summed E-state index contributed by atoms with van der Waals surface area (Å²) in [4.78, 5) is 20.7. The molecule has 0 bridgehead atoms. The van der Waals surface area contributed by atoms with E-state index in [0.717, 1.165) is 6.08 Å². The van der Waals surface area contributed by atoms with Crippen molar-refractivity contribution >= 4 is 11.9 Å². The Bertz CT molecular complexity index is 398. The maximum atomic E-state index is 10.8. The van der Waals surface area contributed by atoms with E-state index in [-0.39, 0.29) is 5.75 Å². The molecule has 1 rings (SSSR count). The Morgan fingerprint density at radius 2 is 1.94 bits per heavy atom. The van der Waals surface area contributed by atoms with E-state index >= 15 is 0 Å². The second-order valence-electron chi connectivity index (χ2n) is 2.77. The van der Waals surface area contributed by atoms with Crippen molar-refractivity contribution in [3.05, 3.63) is 42.5 Å². The molecule has 0 saturated carbocycles. The minimum atomic E-state index is -0.444. The normalized spacial score (nSPS) is 8.35. The third-order valence-corrected chi connectivity index (χ3v) is 1.64. The Hall–Kier alpha value is -2.30. The first-order valence-electron chi connectivity index (χ1n) is 4.62. The van der Waals surface area contributed by atoms with Crippen LogP contribution in [0.25, 0.3) is 0 Å². The Kier molecular flexibility index (Phi) is 6.85. The SMILES string of the molecule is C=CC(=O)OC.COC(=O)c1cccc(O)c1. The van der Waals surface area contributed by atoms with Crippen LogP contribution < -0.4 is 0 Å². The number of hydrogen-bond acceptors (Lipinski definition) is 5. The number of esters is 2. The largest absolute Gasteiger partial charge is 0.508 e.